The van der Waals surface area contributed by atoms with Crippen LogP contribution in [-0.4, -0.2) is 51.7 Å². The predicted molar refractivity (Wildman–Crippen MR) is 102 cm³/mol. The van der Waals surface area contributed by atoms with Crippen LogP contribution in [0.4, 0.5) is 18.9 Å². The Bertz CT molecular complexity index is 1100. The van der Waals surface area contributed by atoms with Crippen LogP contribution in [0, 0.1) is 6.92 Å². The van der Waals surface area contributed by atoms with Gasteiger partial charge in [-0.25, -0.2) is 14.8 Å². The fourth-order valence-electron chi connectivity index (χ4n) is 3.66. The van der Waals surface area contributed by atoms with Crippen molar-refractivity contribution in [2.24, 2.45) is 0 Å². The zero-order chi connectivity index (χ0) is 21.5. The molecular weight excluding hydrogens is 401 g/mol. The molecule has 0 atom stereocenters. The maximum absolute atomic E-state index is 13.3. The molecule has 0 saturated carbocycles. The number of fused-ring (bicyclic) bond motifs is 1. The van der Waals surface area contributed by atoms with Gasteiger partial charge in [0.05, 0.1) is 36.4 Å². The first-order chi connectivity index (χ1) is 14.3. The van der Waals surface area contributed by atoms with E-state index in [4.69, 9.17) is 4.74 Å². The van der Waals surface area contributed by atoms with Crippen LogP contribution >= 0.6 is 0 Å². The second-order valence-corrected chi connectivity index (χ2v) is 7.06. The van der Waals surface area contributed by atoms with Crippen molar-refractivity contribution >= 4 is 17.4 Å². The number of nitrogens with zero attached hydrogens (tertiary/aromatic N) is 4. The summed E-state index contributed by atoms with van der Waals surface area (Å²) in [5, 5.41) is 9.61. The Morgan fingerprint density at radius 2 is 2.00 bits per heavy atom. The molecule has 0 aliphatic carbocycles. The molecule has 1 N–H and O–H groups in total. The van der Waals surface area contributed by atoms with Crippen molar-refractivity contribution in [3.8, 4) is 0 Å². The van der Waals surface area contributed by atoms with E-state index < -0.39 is 17.7 Å². The monoisotopic (exact) mass is 420 g/mol. The third kappa shape index (κ3) is 3.70. The highest BCUT2D eigenvalue weighted by molar-refractivity contribution is 5.88. The number of carboxylic acids is 1. The minimum absolute atomic E-state index is 0.0210. The van der Waals surface area contributed by atoms with E-state index in [1.165, 1.54) is 13.0 Å². The predicted octanol–water partition coefficient (Wildman–Crippen LogP) is 3.18. The molecule has 1 fully saturated rings. The number of hydrogen-bond acceptors (Lipinski definition) is 5. The third-order valence-corrected chi connectivity index (χ3v) is 5.25. The van der Waals surface area contributed by atoms with Crippen LogP contribution in [0.25, 0.3) is 5.78 Å². The molecule has 1 aliphatic heterocycles. The SMILES string of the molecule is Cc1c(Cc2c(C(=O)O)nc3ncc(N4CCOCC4)cn23)cccc1C(F)(F)F. The van der Waals surface area contributed by atoms with Crippen molar-refractivity contribution in [3.63, 3.8) is 0 Å². The van der Waals surface area contributed by atoms with Gasteiger partial charge >= 0.3 is 12.1 Å². The minimum atomic E-state index is -4.49. The molecule has 0 amide bonds. The number of hydrogen-bond donors (Lipinski definition) is 1. The van der Waals surface area contributed by atoms with Crippen molar-refractivity contribution in [1.29, 1.82) is 0 Å². The van der Waals surface area contributed by atoms with E-state index in [1.54, 1.807) is 22.9 Å². The van der Waals surface area contributed by atoms with Gasteiger partial charge in [-0.2, -0.15) is 13.2 Å². The number of ether oxygens (including phenoxy) is 1. The van der Waals surface area contributed by atoms with E-state index in [9.17, 15) is 23.1 Å². The lowest BCUT2D eigenvalue weighted by Gasteiger charge is -2.28. The number of halogens is 3. The number of rotatable bonds is 4. The summed E-state index contributed by atoms with van der Waals surface area (Å²) >= 11 is 0. The highest BCUT2D eigenvalue weighted by Crippen LogP contribution is 2.34. The largest absolute Gasteiger partial charge is 0.476 e. The molecule has 0 unspecified atom stereocenters. The van der Waals surface area contributed by atoms with Crippen molar-refractivity contribution in [1.82, 2.24) is 14.4 Å². The smallest absolute Gasteiger partial charge is 0.416 e. The van der Waals surface area contributed by atoms with Crippen molar-refractivity contribution in [2.45, 2.75) is 19.5 Å². The lowest BCUT2D eigenvalue weighted by atomic mass is 9.98. The first-order valence-corrected chi connectivity index (χ1v) is 9.34. The molecule has 0 spiro atoms. The molecule has 3 heterocycles. The van der Waals surface area contributed by atoms with Gasteiger partial charge in [-0.3, -0.25) is 4.40 Å². The Morgan fingerprint density at radius 3 is 2.67 bits per heavy atom. The van der Waals surface area contributed by atoms with E-state index in [-0.39, 0.29) is 29.1 Å². The fourth-order valence-corrected chi connectivity index (χ4v) is 3.66. The van der Waals surface area contributed by atoms with E-state index in [1.807, 2.05) is 0 Å². The Hall–Kier alpha value is -3.14. The topological polar surface area (TPSA) is 80.0 Å². The molecule has 10 heteroatoms. The van der Waals surface area contributed by atoms with Crippen molar-refractivity contribution in [2.75, 3.05) is 31.2 Å². The lowest BCUT2D eigenvalue weighted by molar-refractivity contribution is -0.138. The summed E-state index contributed by atoms with van der Waals surface area (Å²) in [6, 6.07) is 3.91. The van der Waals surface area contributed by atoms with Gasteiger partial charge in [0.2, 0.25) is 5.78 Å². The molecule has 2 aromatic heterocycles. The van der Waals surface area contributed by atoms with Crippen LogP contribution in [0.15, 0.2) is 30.6 Å². The summed E-state index contributed by atoms with van der Waals surface area (Å²) in [5.41, 5.74) is 0.528. The molecule has 0 bridgehead atoms. The quantitative estimate of drug-likeness (QED) is 0.699. The highest BCUT2D eigenvalue weighted by atomic mass is 19.4. The van der Waals surface area contributed by atoms with Gasteiger partial charge in [-0.15, -0.1) is 0 Å². The van der Waals surface area contributed by atoms with Crippen molar-refractivity contribution in [3.05, 3.63) is 58.7 Å². The van der Waals surface area contributed by atoms with Gasteiger partial charge < -0.3 is 14.7 Å². The number of aromatic nitrogens is 3. The Morgan fingerprint density at radius 1 is 1.27 bits per heavy atom. The summed E-state index contributed by atoms with van der Waals surface area (Å²) in [5.74, 6) is -1.07. The number of anilines is 1. The number of carboxylic acid groups (broad SMARTS) is 1. The van der Waals surface area contributed by atoms with Gasteiger partial charge in [0.25, 0.3) is 0 Å². The third-order valence-electron chi connectivity index (χ3n) is 5.25. The fraction of sp³-hybridized carbons (Fsp3) is 0.350. The second-order valence-electron chi connectivity index (χ2n) is 7.06. The number of alkyl halides is 3. The first-order valence-electron chi connectivity index (χ1n) is 9.34. The zero-order valence-electron chi connectivity index (χ0n) is 16.1. The number of aromatic carboxylic acids is 1. The molecule has 158 valence electrons. The van der Waals surface area contributed by atoms with Crippen LogP contribution < -0.4 is 4.90 Å². The molecule has 4 rings (SSSR count). The summed E-state index contributed by atoms with van der Waals surface area (Å²) < 4.78 is 46.8. The number of morpholine rings is 1. The van der Waals surface area contributed by atoms with E-state index in [2.05, 4.69) is 14.9 Å². The maximum atomic E-state index is 13.3. The minimum Gasteiger partial charge on any atom is -0.476 e. The summed E-state index contributed by atoms with van der Waals surface area (Å²) in [6.07, 6.45) is -1.17. The van der Waals surface area contributed by atoms with Crippen LogP contribution in [0.3, 0.4) is 0 Å². The van der Waals surface area contributed by atoms with Crippen molar-refractivity contribution < 1.29 is 27.8 Å². The molecule has 0 radical (unpaired) electrons. The van der Waals surface area contributed by atoms with Crippen LogP contribution in [-0.2, 0) is 17.3 Å². The molecule has 30 heavy (non-hydrogen) atoms. The Kier molecular flexibility index (Phi) is 5.10. The highest BCUT2D eigenvalue weighted by Gasteiger charge is 2.33. The van der Waals surface area contributed by atoms with Gasteiger partial charge in [0, 0.05) is 25.7 Å². The average Bonchev–Trinajstić information content (AvgIpc) is 3.07. The zero-order valence-corrected chi connectivity index (χ0v) is 16.1. The number of benzene rings is 1. The average molecular weight is 420 g/mol. The van der Waals surface area contributed by atoms with Gasteiger partial charge in [-0.1, -0.05) is 12.1 Å². The van der Waals surface area contributed by atoms with Crippen LogP contribution in [0.1, 0.15) is 32.9 Å². The van der Waals surface area contributed by atoms with Crippen LogP contribution in [0.2, 0.25) is 0 Å². The molecule has 3 aromatic rings. The molecule has 1 saturated heterocycles. The standard InChI is InChI=1S/C20H19F3N4O3/c1-12-13(3-2-4-15(12)20(21,22)23)9-16-17(18(28)29)25-19-24-10-14(11-27(16)19)26-5-7-30-8-6-26/h2-4,10-11H,5-9H2,1H3,(H,28,29). The Labute approximate surface area is 169 Å². The number of carbonyl (C=O) groups is 1. The molecule has 1 aliphatic rings. The van der Waals surface area contributed by atoms with E-state index >= 15 is 0 Å². The molecule has 1 aromatic carbocycles. The van der Waals surface area contributed by atoms with E-state index in [0.29, 0.717) is 31.9 Å². The molecular formula is C20H19F3N4O3. The summed E-state index contributed by atoms with van der Waals surface area (Å²) in [7, 11) is 0. The maximum Gasteiger partial charge on any atom is 0.416 e. The van der Waals surface area contributed by atoms with Crippen LogP contribution in [0.5, 0.6) is 0 Å². The normalized spacial score (nSPS) is 15.0. The Balaban J connectivity index is 1.81. The van der Waals surface area contributed by atoms with Gasteiger partial charge in [0.1, 0.15) is 0 Å². The van der Waals surface area contributed by atoms with E-state index in [0.717, 1.165) is 11.8 Å². The first kappa shape index (κ1) is 20.1. The second kappa shape index (κ2) is 7.60. The summed E-state index contributed by atoms with van der Waals surface area (Å²) in [4.78, 5) is 22.2. The summed E-state index contributed by atoms with van der Waals surface area (Å²) in [6.45, 7) is 3.85. The lowest BCUT2D eigenvalue weighted by Crippen LogP contribution is -2.36. The van der Waals surface area contributed by atoms with Gasteiger partial charge in [0.15, 0.2) is 5.69 Å². The molecule has 7 nitrogen and oxygen atoms in total. The van der Waals surface area contributed by atoms with Gasteiger partial charge in [-0.05, 0) is 24.1 Å². The number of imidazole rings is 1.